The maximum atomic E-state index is 14.0. The van der Waals surface area contributed by atoms with Crippen LogP contribution < -0.4 is 0 Å². The lowest BCUT2D eigenvalue weighted by atomic mass is 10.1. The second-order valence-electron chi connectivity index (χ2n) is 4.33. The fourth-order valence-electron chi connectivity index (χ4n) is 1.88. The molecular formula is C11H5Cl3F4N2O2S. The van der Waals surface area contributed by atoms with Gasteiger partial charge in [0.15, 0.2) is 5.69 Å². The molecule has 12 heteroatoms. The number of alkyl halides is 3. The summed E-state index contributed by atoms with van der Waals surface area (Å²) in [6.07, 6.45) is -4.83. The van der Waals surface area contributed by atoms with Gasteiger partial charge in [-0.25, -0.2) is 12.8 Å². The van der Waals surface area contributed by atoms with E-state index < -0.39 is 52.9 Å². The minimum absolute atomic E-state index is 0.417. The first kappa shape index (κ1) is 18.3. The van der Waals surface area contributed by atoms with Crippen molar-refractivity contribution >= 4 is 42.9 Å². The van der Waals surface area contributed by atoms with Crippen molar-refractivity contribution in [3.05, 3.63) is 33.7 Å². The molecule has 0 spiro atoms. The summed E-state index contributed by atoms with van der Waals surface area (Å²) in [5, 5.41) is 2.10. The molecule has 23 heavy (non-hydrogen) atoms. The Morgan fingerprint density at radius 2 is 1.78 bits per heavy atom. The third-order valence-corrected chi connectivity index (χ3v) is 4.94. The predicted octanol–water partition coefficient (Wildman–Crippen LogP) is 4.48. The molecule has 0 N–H and O–H groups in total. The van der Waals surface area contributed by atoms with E-state index in [4.69, 9.17) is 33.9 Å². The highest BCUT2D eigenvalue weighted by Crippen LogP contribution is 2.41. The van der Waals surface area contributed by atoms with E-state index in [2.05, 4.69) is 5.10 Å². The highest BCUT2D eigenvalue weighted by Gasteiger charge is 2.39. The van der Waals surface area contributed by atoms with Gasteiger partial charge in [0, 0.05) is 23.3 Å². The molecule has 2 rings (SSSR count). The first-order chi connectivity index (χ1) is 10.3. The van der Waals surface area contributed by atoms with Crippen LogP contribution in [0, 0.1) is 5.82 Å². The third kappa shape index (κ3) is 3.42. The first-order valence-electron chi connectivity index (χ1n) is 5.57. The molecular weight excluding hydrogens is 407 g/mol. The Balaban J connectivity index is 2.79. The monoisotopic (exact) mass is 410 g/mol. The van der Waals surface area contributed by atoms with Gasteiger partial charge in [0.1, 0.15) is 16.4 Å². The van der Waals surface area contributed by atoms with Crippen LogP contribution in [0.25, 0.3) is 11.3 Å². The van der Waals surface area contributed by atoms with Crippen molar-refractivity contribution in [2.75, 3.05) is 0 Å². The van der Waals surface area contributed by atoms with E-state index >= 15 is 0 Å². The summed E-state index contributed by atoms with van der Waals surface area (Å²) in [6, 6.07) is 1.28. The lowest BCUT2D eigenvalue weighted by molar-refractivity contribution is -0.143. The minimum Gasteiger partial charge on any atom is -0.262 e. The fraction of sp³-hybridized carbons (Fsp3) is 0.182. The summed E-state index contributed by atoms with van der Waals surface area (Å²) >= 11 is 11.2. The Bertz CT molecular complexity index is 894. The Morgan fingerprint density at radius 1 is 1.22 bits per heavy atom. The zero-order valence-electron chi connectivity index (χ0n) is 10.9. The van der Waals surface area contributed by atoms with Crippen LogP contribution in [-0.2, 0) is 22.3 Å². The first-order valence-corrected chi connectivity index (χ1v) is 8.64. The molecule has 126 valence electrons. The van der Waals surface area contributed by atoms with E-state index in [0.717, 1.165) is 7.05 Å². The van der Waals surface area contributed by atoms with Gasteiger partial charge in [0.2, 0.25) is 0 Å². The summed E-state index contributed by atoms with van der Waals surface area (Å²) in [4.78, 5) is -0.674. The van der Waals surface area contributed by atoms with Crippen molar-refractivity contribution < 1.29 is 26.0 Å². The molecule has 0 amide bonds. The van der Waals surface area contributed by atoms with Crippen LogP contribution >= 0.6 is 33.9 Å². The summed E-state index contributed by atoms with van der Waals surface area (Å²) in [7, 11) is 1.76. The van der Waals surface area contributed by atoms with E-state index in [1.54, 1.807) is 0 Å². The Labute approximate surface area is 142 Å². The number of nitrogens with zero attached hydrogens (tertiary/aromatic N) is 2. The Hall–Kier alpha value is -1.03. The summed E-state index contributed by atoms with van der Waals surface area (Å²) in [5.74, 6) is -1.10. The Kier molecular flexibility index (Phi) is 4.62. The van der Waals surface area contributed by atoms with Gasteiger partial charge in [-0.15, -0.1) is 0 Å². The van der Waals surface area contributed by atoms with Gasteiger partial charge in [-0.2, -0.15) is 18.3 Å². The number of aromatic nitrogens is 2. The number of aryl methyl sites for hydroxylation is 1. The molecule has 0 saturated heterocycles. The SMILES string of the molecule is Cn1nc(-c2cc(S(=O)(=O)Cl)c(Cl)cc2F)c(Cl)c1C(F)(F)F. The van der Waals surface area contributed by atoms with Gasteiger partial charge < -0.3 is 0 Å². The van der Waals surface area contributed by atoms with Crippen molar-refractivity contribution in [1.82, 2.24) is 9.78 Å². The number of halogens is 7. The van der Waals surface area contributed by atoms with Crippen LogP contribution in [-0.4, -0.2) is 18.2 Å². The van der Waals surface area contributed by atoms with Crippen LogP contribution in [0.5, 0.6) is 0 Å². The summed E-state index contributed by atoms with van der Waals surface area (Å²) in [5.41, 5.74) is -2.47. The molecule has 4 nitrogen and oxygen atoms in total. The van der Waals surface area contributed by atoms with Crippen LogP contribution in [0.15, 0.2) is 17.0 Å². The van der Waals surface area contributed by atoms with Crippen molar-refractivity contribution in [2.24, 2.45) is 7.05 Å². The highest BCUT2D eigenvalue weighted by molar-refractivity contribution is 8.13. The normalized spacial score (nSPS) is 12.7. The van der Waals surface area contributed by atoms with E-state index in [9.17, 15) is 26.0 Å². The van der Waals surface area contributed by atoms with Crippen molar-refractivity contribution in [1.29, 1.82) is 0 Å². The maximum absolute atomic E-state index is 14.0. The molecule has 0 aliphatic carbocycles. The van der Waals surface area contributed by atoms with Gasteiger partial charge in [-0.1, -0.05) is 23.2 Å². The standard InChI is InChI=1S/C11H5Cl3F4N2O2S/c1-20-10(11(16,17)18)8(13)9(19-20)4-2-7(23(14,21)22)5(12)3-6(4)15/h2-3H,1H3. The van der Waals surface area contributed by atoms with Crippen LogP contribution in [0.2, 0.25) is 10.0 Å². The minimum atomic E-state index is -4.83. The molecule has 0 atom stereocenters. The molecule has 0 fully saturated rings. The second-order valence-corrected chi connectivity index (χ2v) is 7.65. The molecule has 1 heterocycles. The van der Waals surface area contributed by atoms with Crippen molar-refractivity contribution in [3.63, 3.8) is 0 Å². The molecule has 2 aromatic rings. The average molecular weight is 412 g/mol. The fourth-order valence-corrected chi connectivity index (χ4v) is 3.75. The summed E-state index contributed by atoms with van der Waals surface area (Å²) in [6.45, 7) is 0. The van der Waals surface area contributed by atoms with E-state index in [-0.39, 0.29) is 0 Å². The smallest absolute Gasteiger partial charge is 0.262 e. The zero-order chi connectivity index (χ0) is 17.7. The van der Waals surface area contributed by atoms with Crippen LogP contribution in [0.4, 0.5) is 17.6 Å². The number of rotatable bonds is 2. The molecule has 0 saturated carbocycles. The van der Waals surface area contributed by atoms with Crippen LogP contribution in [0.1, 0.15) is 5.69 Å². The maximum Gasteiger partial charge on any atom is 0.434 e. The largest absolute Gasteiger partial charge is 0.434 e. The lowest BCUT2D eigenvalue weighted by Crippen LogP contribution is -2.12. The molecule has 0 unspecified atom stereocenters. The zero-order valence-corrected chi connectivity index (χ0v) is 14.0. The van der Waals surface area contributed by atoms with Crippen molar-refractivity contribution in [2.45, 2.75) is 11.1 Å². The lowest BCUT2D eigenvalue weighted by Gasteiger charge is -2.07. The van der Waals surface area contributed by atoms with E-state index in [1.807, 2.05) is 0 Å². The topological polar surface area (TPSA) is 52.0 Å². The van der Waals surface area contributed by atoms with E-state index in [0.29, 0.717) is 16.8 Å². The Morgan fingerprint density at radius 3 is 2.22 bits per heavy atom. The van der Waals surface area contributed by atoms with Gasteiger partial charge in [0.05, 0.1) is 10.0 Å². The molecule has 0 radical (unpaired) electrons. The van der Waals surface area contributed by atoms with Gasteiger partial charge in [-0.3, -0.25) is 4.68 Å². The van der Waals surface area contributed by atoms with E-state index in [1.165, 1.54) is 0 Å². The summed E-state index contributed by atoms with van der Waals surface area (Å²) < 4.78 is 75.9. The number of hydrogen-bond acceptors (Lipinski definition) is 3. The number of benzene rings is 1. The third-order valence-electron chi connectivity index (χ3n) is 2.80. The average Bonchev–Trinajstić information content (AvgIpc) is 2.62. The number of hydrogen-bond donors (Lipinski definition) is 0. The predicted molar refractivity (Wildman–Crippen MR) is 76.7 cm³/mol. The van der Waals surface area contributed by atoms with Crippen molar-refractivity contribution in [3.8, 4) is 11.3 Å². The molecule has 1 aromatic heterocycles. The van der Waals surface area contributed by atoms with Gasteiger partial charge in [-0.05, 0) is 12.1 Å². The molecule has 0 aliphatic heterocycles. The quantitative estimate of drug-likeness (QED) is 0.541. The molecule has 0 bridgehead atoms. The molecule has 0 aliphatic rings. The van der Waals surface area contributed by atoms with Crippen LogP contribution in [0.3, 0.4) is 0 Å². The second kappa shape index (κ2) is 5.80. The highest BCUT2D eigenvalue weighted by atomic mass is 35.7. The van der Waals surface area contributed by atoms with Gasteiger partial charge in [0.25, 0.3) is 9.05 Å². The van der Waals surface area contributed by atoms with Gasteiger partial charge >= 0.3 is 6.18 Å². The molecule has 1 aromatic carbocycles.